The topological polar surface area (TPSA) is 84.1 Å². The van der Waals surface area contributed by atoms with Crippen molar-refractivity contribution in [1.82, 2.24) is 15.3 Å². The summed E-state index contributed by atoms with van der Waals surface area (Å²) in [4.78, 5) is 30.4. The zero-order valence-corrected chi connectivity index (χ0v) is 14.0. The molecular formula is C19H16FN3O3. The number of hydrogen-bond donors (Lipinski definition) is 2. The standard InChI is InChI=1S/C19H16FN3O3/c1-26-14-8-6-12(7-9-14)16-10-17(23-19(25)22-16)18(24)21-11-13-4-2-3-5-15(13)20/h2-10H,11H2,1H3,(H,21,24)(H,22,23,25). The molecule has 3 aromatic rings. The minimum Gasteiger partial charge on any atom is -0.497 e. The van der Waals surface area contributed by atoms with Crippen molar-refractivity contribution in [1.29, 1.82) is 0 Å². The van der Waals surface area contributed by atoms with Crippen LogP contribution >= 0.6 is 0 Å². The molecule has 0 saturated heterocycles. The number of benzene rings is 2. The van der Waals surface area contributed by atoms with E-state index in [2.05, 4.69) is 15.3 Å². The van der Waals surface area contributed by atoms with Crippen LogP contribution in [0.25, 0.3) is 11.3 Å². The van der Waals surface area contributed by atoms with E-state index in [9.17, 15) is 14.0 Å². The molecule has 0 fully saturated rings. The number of carbonyl (C=O) groups excluding carboxylic acids is 1. The molecule has 26 heavy (non-hydrogen) atoms. The van der Waals surface area contributed by atoms with Crippen LogP contribution < -0.4 is 15.7 Å². The number of amides is 1. The van der Waals surface area contributed by atoms with Crippen molar-refractivity contribution in [3.8, 4) is 17.0 Å². The van der Waals surface area contributed by atoms with Gasteiger partial charge in [-0.3, -0.25) is 4.79 Å². The summed E-state index contributed by atoms with van der Waals surface area (Å²) in [6.45, 7) is 0.00767. The third-order valence-corrected chi connectivity index (χ3v) is 3.77. The number of hydrogen-bond acceptors (Lipinski definition) is 4. The van der Waals surface area contributed by atoms with Gasteiger partial charge >= 0.3 is 5.69 Å². The van der Waals surface area contributed by atoms with Crippen molar-refractivity contribution in [3.63, 3.8) is 0 Å². The normalized spacial score (nSPS) is 10.4. The van der Waals surface area contributed by atoms with E-state index in [-0.39, 0.29) is 12.2 Å². The van der Waals surface area contributed by atoms with Crippen LogP contribution in [0.5, 0.6) is 5.75 Å². The molecule has 2 N–H and O–H groups in total. The Hall–Kier alpha value is -3.48. The number of nitrogens with one attached hydrogen (secondary N) is 2. The van der Waals surface area contributed by atoms with Gasteiger partial charge in [0.15, 0.2) is 0 Å². The Kier molecular flexibility index (Phi) is 5.07. The Morgan fingerprint density at radius 3 is 2.62 bits per heavy atom. The molecule has 0 spiro atoms. The van der Waals surface area contributed by atoms with Gasteiger partial charge in [-0.2, -0.15) is 4.98 Å². The summed E-state index contributed by atoms with van der Waals surface area (Å²) < 4.78 is 18.7. The van der Waals surface area contributed by atoms with Crippen molar-refractivity contribution in [3.05, 3.63) is 82.2 Å². The van der Waals surface area contributed by atoms with E-state index in [1.165, 1.54) is 12.1 Å². The first-order valence-corrected chi connectivity index (χ1v) is 7.84. The number of H-pyrrole nitrogens is 1. The number of rotatable bonds is 5. The van der Waals surface area contributed by atoms with Crippen molar-refractivity contribution in [2.24, 2.45) is 0 Å². The Morgan fingerprint density at radius 1 is 1.19 bits per heavy atom. The molecule has 0 unspecified atom stereocenters. The number of carbonyl (C=O) groups is 1. The highest BCUT2D eigenvalue weighted by Crippen LogP contribution is 2.20. The lowest BCUT2D eigenvalue weighted by Gasteiger charge is -2.08. The van der Waals surface area contributed by atoms with Crippen LogP contribution in [0.15, 0.2) is 59.4 Å². The van der Waals surface area contributed by atoms with Crippen LogP contribution in [0.3, 0.4) is 0 Å². The van der Waals surface area contributed by atoms with E-state index in [0.29, 0.717) is 22.6 Å². The molecule has 0 saturated carbocycles. The molecule has 0 aliphatic rings. The van der Waals surface area contributed by atoms with Crippen LogP contribution in [0.2, 0.25) is 0 Å². The molecule has 1 amide bonds. The lowest BCUT2D eigenvalue weighted by atomic mass is 10.1. The van der Waals surface area contributed by atoms with E-state index in [1.807, 2.05) is 0 Å². The Morgan fingerprint density at radius 2 is 1.92 bits per heavy atom. The second-order valence-corrected chi connectivity index (χ2v) is 5.49. The first-order valence-electron chi connectivity index (χ1n) is 7.84. The van der Waals surface area contributed by atoms with E-state index >= 15 is 0 Å². The molecule has 6 nitrogen and oxygen atoms in total. The summed E-state index contributed by atoms with van der Waals surface area (Å²) in [5.41, 5.74) is 0.779. The van der Waals surface area contributed by atoms with Crippen molar-refractivity contribution in [2.75, 3.05) is 7.11 Å². The molecule has 3 rings (SSSR count). The van der Waals surface area contributed by atoms with Crippen molar-refractivity contribution in [2.45, 2.75) is 6.54 Å². The maximum atomic E-state index is 13.6. The summed E-state index contributed by atoms with van der Waals surface area (Å²) in [6.07, 6.45) is 0. The Labute approximate surface area is 148 Å². The largest absolute Gasteiger partial charge is 0.497 e. The van der Waals surface area contributed by atoms with Crippen LogP contribution in [0.4, 0.5) is 4.39 Å². The quantitative estimate of drug-likeness (QED) is 0.738. The summed E-state index contributed by atoms with van der Waals surface area (Å²) in [5, 5.41) is 2.58. The highest BCUT2D eigenvalue weighted by Gasteiger charge is 2.11. The molecule has 132 valence electrons. The van der Waals surface area contributed by atoms with Gasteiger partial charge in [-0.1, -0.05) is 18.2 Å². The second-order valence-electron chi connectivity index (χ2n) is 5.49. The van der Waals surface area contributed by atoms with Gasteiger partial charge in [0.2, 0.25) is 0 Å². The lowest BCUT2D eigenvalue weighted by Crippen LogP contribution is -2.27. The average Bonchev–Trinajstić information content (AvgIpc) is 2.66. The molecular weight excluding hydrogens is 337 g/mol. The molecule has 1 heterocycles. The Bertz CT molecular complexity index is 984. The zero-order chi connectivity index (χ0) is 18.5. The number of halogens is 1. The smallest absolute Gasteiger partial charge is 0.346 e. The molecule has 7 heteroatoms. The van der Waals surface area contributed by atoms with Gasteiger partial charge in [0.1, 0.15) is 17.3 Å². The molecule has 2 aromatic carbocycles. The van der Waals surface area contributed by atoms with Gasteiger partial charge in [-0.25, -0.2) is 9.18 Å². The van der Waals surface area contributed by atoms with Crippen molar-refractivity contribution >= 4 is 5.91 Å². The summed E-state index contributed by atoms with van der Waals surface area (Å²) in [6, 6.07) is 14.6. The minimum absolute atomic E-state index is 0.00767. The number of ether oxygens (including phenoxy) is 1. The van der Waals surface area contributed by atoms with Gasteiger partial charge in [0.05, 0.1) is 12.8 Å². The fourth-order valence-electron chi connectivity index (χ4n) is 2.40. The summed E-state index contributed by atoms with van der Waals surface area (Å²) >= 11 is 0. The predicted molar refractivity (Wildman–Crippen MR) is 94.4 cm³/mol. The number of nitrogens with zero attached hydrogens (tertiary/aromatic N) is 1. The molecule has 0 bridgehead atoms. The predicted octanol–water partition coefficient (Wildman–Crippen LogP) is 2.51. The monoisotopic (exact) mass is 353 g/mol. The van der Waals surface area contributed by atoms with Gasteiger partial charge in [0, 0.05) is 17.7 Å². The Balaban J connectivity index is 1.81. The third kappa shape index (κ3) is 3.94. The molecule has 0 atom stereocenters. The fourth-order valence-corrected chi connectivity index (χ4v) is 2.40. The van der Waals surface area contributed by atoms with Crippen LogP contribution in [0, 0.1) is 5.82 Å². The van der Waals surface area contributed by atoms with Gasteiger partial charge in [0.25, 0.3) is 5.91 Å². The van der Waals surface area contributed by atoms with Gasteiger partial charge in [-0.15, -0.1) is 0 Å². The first kappa shape index (κ1) is 17.3. The number of methoxy groups -OCH3 is 1. The van der Waals surface area contributed by atoms with E-state index in [4.69, 9.17) is 4.74 Å². The van der Waals surface area contributed by atoms with Crippen LogP contribution in [-0.2, 0) is 6.54 Å². The van der Waals surface area contributed by atoms with Crippen molar-refractivity contribution < 1.29 is 13.9 Å². The summed E-state index contributed by atoms with van der Waals surface area (Å²) in [7, 11) is 1.55. The number of aromatic amines is 1. The SMILES string of the molecule is COc1ccc(-c2cc(C(=O)NCc3ccccc3F)[nH]c(=O)n2)cc1. The molecule has 0 radical (unpaired) electrons. The molecule has 0 aliphatic heterocycles. The maximum Gasteiger partial charge on any atom is 0.346 e. The van der Waals surface area contributed by atoms with Gasteiger partial charge in [-0.05, 0) is 36.4 Å². The average molecular weight is 353 g/mol. The fraction of sp³-hybridized carbons (Fsp3) is 0.105. The zero-order valence-electron chi connectivity index (χ0n) is 14.0. The summed E-state index contributed by atoms with van der Waals surface area (Å²) in [5.74, 6) is -0.265. The highest BCUT2D eigenvalue weighted by atomic mass is 19.1. The van der Waals surface area contributed by atoms with Crippen LogP contribution in [0.1, 0.15) is 16.1 Å². The first-order chi connectivity index (χ1) is 12.6. The minimum atomic E-state index is -0.644. The second kappa shape index (κ2) is 7.60. The van der Waals surface area contributed by atoms with E-state index < -0.39 is 17.4 Å². The maximum absolute atomic E-state index is 13.6. The molecule has 0 aliphatic carbocycles. The highest BCUT2D eigenvalue weighted by molar-refractivity contribution is 5.93. The van der Waals surface area contributed by atoms with Gasteiger partial charge < -0.3 is 15.0 Å². The lowest BCUT2D eigenvalue weighted by molar-refractivity contribution is 0.0945. The molecule has 1 aromatic heterocycles. The van der Waals surface area contributed by atoms with Crippen LogP contribution in [-0.4, -0.2) is 23.0 Å². The van der Waals surface area contributed by atoms with E-state index in [1.54, 1.807) is 49.6 Å². The number of aromatic nitrogens is 2. The van der Waals surface area contributed by atoms with E-state index in [0.717, 1.165) is 0 Å². The third-order valence-electron chi connectivity index (χ3n) is 3.77.